The zero-order chi connectivity index (χ0) is 16.6. The summed E-state index contributed by atoms with van der Waals surface area (Å²) in [6.45, 7) is 2.45. The lowest BCUT2D eigenvalue weighted by atomic mass is 10.2. The number of benzene rings is 1. The van der Waals surface area contributed by atoms with Crippen molar-refractivity contribution < 1.29 is 4.92 Å². The van der Waals surface area contributed by atoms with Crippen molar-refractivity contribution in [2.45, 2.75) is 13.5 Å². The number of hydrogen-bond donors (Lipinski definition) is 1. The van der Waals surface area contributed by atoms with Gasteiger partial charge in [0.15, 0.2) is 0 Å². The fourth-order valence-electron chi connectivity index (χ4n) is 2.49. The first-order valence-corrected chi connectivity index (χ1v) is 7.30. The highest BCUT2D eigenvalue weighted by Gasteiger charge is 2.13. The molecule has 7 nitrogen and oxygen atoms in total. The molecular weight excluding hydrogens is 318 g/mol. The molecule has 0 radical (unpaired) electrons. The zero-order valence-corrected chi connectivity index (χ0v) is 13.3. The van der Waals surface area contributed by atoms with Crippen molar-refractivity contribution in [3.8, 4) is 0 Å². The van der Waals surface area contributed by atoms with Crippen LogP contribution >= 0.6 is 11.6 Å². The van der Waals surface area contributed by atoms with Crippen LogP contribution in [0.2, 0.25) is 5.02 Å². The minimum atomic E-state index is -0.531. The highest BCUT2D eigenvalue weighted by molar-refractivity contribution is 6.33. The topological polar surface area (TPSA) is 85.9 Å². The first-order valence-electron chi connectivity index (χ1n) is 6.92. The molecule has 0 fully saturated rings. The van der Waals surface area contributed by atoms with Crippen molar-refractivity contribution in [2.24, 2.45) is 7.05 Å². The van der Waals surface area contributed by atoms with Crippen LogP contribution in [0.5, 0.6) is 0 Å². The van der Waals surface area contributed by atoms with Gasteiger partial charge in [0.1, 0.15) is 17.8 Å². The minimum Gasteiger partial charge on any atom is -0.362 e. The Hall–Kier alpha value is -2.67. The van der Waals surface area contributed by atoms with Gasteiger partial charge in [-0.2, -0.15) is 0 Å². The van der Waals surface area contributed by atoms with Crippen LogP contribution < -0.4 is 5.32 Å². The molecule has 0 aliphatic carbocycles. The Bertz CT molecular complexity index is 906. The molecule has 1 aromatic carbocycles. The van der Waals surface area contributed by atoms with E-state index in [1.165, 1.54) is 12.3 Å². The van der Waals surface area contributed by atoms with Gasteiger partial charge >= 0.3 is 0 Å². The summed E-state index contributed by atoms with van der Waals surface area (Å²) in [5, 5.41) is 14.0. The van der Waals surface area contributed by atoms with Crippen molar-refractivity contribution in [2.75, 3.05) is 5.32 Å². The number of para-hydroxylation sites is 1. The van der Waals surface area contributed by atoms with E-state index >= 15 is 0 Å². The van der Waals surface area contributed by atoms with Crippen molar-refractivity contribution in [3.63, 3.8) is 0 Å². The van der Waals surface area contributed by atoms with E-state index in [0.717, 1.165) is 22.4 Å². The van der Waals surface area contributed by atoms with Gasteiger partial charge in [-0.05, 0) is 18.6 Å². The number of hydrogen-bond acceptors (Lipinski definition) is 5. The van der Waals surface area contributed by atoms with Crippen LogP contribution in [0, 0.1) is 17.0 Å². The van der Waals surface area contributed by atoms with Gasteiger partial charge in [-0.25, -0.2) is 9.97 Å². The molecule has 0 saturated heterocycles. The molecule has 0 bridgehead atoms. The number of pyridine rings is 1. The first-order chi connectivity index (χ1) is 11.0. The predicted octanol–water partition coefficient (Wildman–Crippen LogP) is 3.45. The lowest BCUT2D eigenvalue weighted by Crippen LogP contribution is -2.07. The molecule has 118 valence electrons. The van der Waals surface area contributed by atoms with Crippen molar-refractivity contribution in [1.82, 2.24) is 14.5 Å². The lowest BCUT2D eigenvalue weighted by Gasteiger charge is -2.07. The number of aromatic nitrogens is 3. The van der Waals surface area contributed by atoms with Crippen LogP contribution in [0.4, 0.5) is 11.5 Å². The lowest BCUT2D eigenvalue weighted by molar-refractivity contribution is -0.385. The van der Waals surface area contributed by atoms with Crippen LogP contribution in [-0.4, -0.2) is 19.5 Å². The van der Waals surface area contributed by atoms with Gasteiger partial charge in [-0.15, -0.1) is 0 Å². The number of rotatable bonds is 4. The smallest absolute Gasteiger partial charge is 0.289 e. The van der Waals surface area contributed by atoms with Crippen molar-refractivity contribution in [3.05, 3.63) is 57.0 Å². The predicted molar refractivity (Wildman–Crippen MR) is 88.7 cm³/mol. The molecule has 3 aromatic rings. The van der Waals surface area contributed by atoms with E-state index in [1.807, 2.05) is 36.7 Å². The van der Waals surface area contributed by atoms with Gasteiger partial charge in [0, 0.05) is 13.1 Å². The quantitative estimate of drug-likeness (QED) is 0.584. The number of nitro groups is 1. The normalized spacial score (nSPS) is 10.9. The summed E-state index contributed by atoms with van der Waals surface area (Å²) >= 11 is 6.03. The number of aryl methyl sites for hydroxylation is 2. The molecule has 0 amide bonds. The Morgan fingerprint density at radius 1 is 1.43 bits per heavy atom. The first kappa shape index (κ1) is 15.2. The Balaban J connectivity index is 1.85. The summed E-state index contributed by atoms with van der Waals surface area (Å²) in [4.78, 5) is 18.7. The molecular formula is C15H14ClN5O2. The monoisotopic (exact) mass is 331 g/mol. The molecule has 0 atom stereocenters. The van der Waals surface area contributed by atoms with Gasteiger partial charge in [0.05, 0.1) is 27.5 Å². The third kappa shape index (κ3) is 2.83. The Labute approximate surface area is 137 Å². The van der Waals surface area contributed by atoms with Crippen LogP contribution in [0.1, 0.15) is 11.4 Å². The van der Waals surface area contributed by atoms with Crippen LogP contribution in [0.25, 0.3) is 11.0 Å². The molecule has 3 rings (SSSR count). The molecule has 8 heteroatoms. The number of anilines is 1. The molecule has 0 saturated carbocycles. The summed E-state index contributed by atoms with van der Waals surface area (Å²) < 4.78 is 2.01. The summed E-state index contributed by atoms with van der Waals surface area (Å²) in [5.74, 6) is 1.21. The molecule has 0 aliphatic heterocycles. The van der Waals surface area contributed by atoms with Gasteiger partial charge in [0.2, 0.25) is 0 Å². The van der Waals surface area contributed by atoms with Crippen molar-refractivity contribution >= 4 is 34.1 Å². The van der Waals surface area contributed by atoms with Gasteiger partial charge in [-0.1, -0.05) is 23.7 Å². The van der Waals surface area contributed by atoms with Gasteiger partial charge in [0.25, 0.3) is 5.69 Å². The summed E-state index contributed by atoms with van der Waals surface area (Å²) in [6, 6.07) is 7.24. The summed E-state index contributed by atoms with van der Waals surface area (Å²) in [7, 11) is 1.95. The highest BCUT2D eigenvalue weighted by atomic mass is 35.5. The molecule has 0 aliphatic rings. The van der Waals surface area contributed by atoms with E-state index in [2.05, 4.69) is 15.3 Å². The molecule has 23 heavy (non-hydrogen) atoms. The highest BCUT2D eigenvalue weighted by Crippen LogP contribution is 2.25. The number of nitrogens with zero attached hydrogens (tertiary/aromatic N) is 4. The molecule has 0 spiro atoms. The van der Waals surface area contributed by atoms with E-state index in [4.69, 9.17) is 11.6 Å². The largest absolute Gasteiger partial charge is 0.362 e. The average molecular weight is 332 g/mol. The number of imidazole rings is 1. The third-order valence-electron chi connectivity index (χ3n) is 3.64. The Morgan fingerprint density at radius 2 is 2.22 bits per heavy atom. The third-order valence-corrected chi connectivity index (χ3v) is 3.93. The molecule has 2 aromatic heterocycles. The van der Waals surface area contributed by atoms with E-state index < -0.39 is 4.92 Å². The second-order valence-corrected chi connectivity index (χ2v) is 5.57. The fourth-order valence-corrected chi connectivity index (χ4v) is 2.72. The standard InChI is InChI=1S/C15H14ClN5O2/c1-9-4-3-5-12-14(9)20(2)13(19-12)8-18-15-11(16)6-10(7-17-15)21(22)23/h3-7H,8H2,1-2H3,(H,17,18). The molecule has 0 unspecified atom stereocenters. The second-order valence-electron chi connectivity index (χ2n) is 5.16. The number of fused-ring (bicyclic) bond motifs is 1. The SMILES string of the molecule is Cc1cccc2nc(CNc3ncc([N+](=O)[O-])cc3Cl)n(C)c12. The average Bonchev–Trinajstić information content (AvgIpc) is 2.83. The van der Waals surface area contributed by atoms with Crippen LogP contribution in [0.15, 0.2) is 30.5 Å². The van der Waals surface area contributed by atoms with Gasteiger partial charge < -0.3 is 9.88 Å². The van der Waals surface area contributed by atoms with E-state index in [0.29, 0.717) is 12.4 Å². The minimum absolute atomic E-state index is 0.140. The summed E-state index contributed by atoms with van der Waals surface area (Å²) in [5.41, 5.74) is 3.01. The van der Waals surface area contributed by atoms with Crippen LogP contribution in [-0.2, 0) is 13.6 Å². The maximum atomic E-state index is 10.7. The Kier molecular flexibility index (Phi) is 3.87. The number of halogens is 1. The van der Waals surface area contributed by atoms with E-state index in [-0.39, 0.29) is 10.7 Å². The second kappa shape index (κ2) is 5.85. The molecule has 2 heterocycles. The van der Waals surface area contributed by atoms with E-state index in [1.54, 1.807) is 0 Å². The maximum Gasteiger partial charge on any atom is 0.289 e. The van der Waals surface area contributed by atoms with E-state index in [9.17, 15) is 10.1 Å². The fraction of sp³-hybridized carbons (Fsp3) is 0.200. The zero-order valence-electron chi connectivity index (χ0n) is 12.6. The molecule has 1 N–H and O–H groups in total. The van der Waals surface area contributed by atoms with Crippen molar-refractivity contribution in [1.29, 1.82) is 0 Å². The van der Waals surface area contributed by atoms with Crippen LogP contribution in [0.3, 0.4) is 0 Å². The summed E-state index contributed by atoms with van der Waals surface area (Å²) in [6.07, 6.45) is 1.17. The number of nitrogens with one attached hydrogen (secondary N) is 1. The maximum absolute atomic E-state index is 10.7. The Morgan fingerprint density at radius 3 is 2.87 bits per heavy atom. The van der Waals surface area contributed by atoms with Gasteiger partial charge in [-0.3, -0.25) is 10.1 Å².